The number of anilines is 1. The minimum atomic E-state index is -1.19. The number of hydrogen-bond donors (Lipinski definition) is 2. The molecule has 0 aliphatic heterocycles. The van der Waals surface area contributed by atoms with E-state index in [-0.39, 0.29) is 11.8 Å². The molecular weight excluding hydrogens is 322 g/mol. The van der Waals surface area contributed by atoms with Gasteiger partial charge in [-0.3, -0.25) is 9.48 Å². The van der Waals surface area contributed by atoms with E-state index < -0.39 is 11.5 Å². The van der Waals surface area contributed by atoms with Crippen molar-refractivity contribution in [2.75, 3.05) is 12.4 Å². The van der Waals surface area contributed by atoms with Gasteiger partial charge in [0, 0.05) is 6.20 Å². The number of benzene rings is 1. The summed E-state index contributed by atoms with van der Waals surface area (Å²) in [5.41, 5.74) is 0.161. The van der Waals surface area contributed by atoms with Crippen LogP contribution in [0.2, 0.25) is 0 Å². The number of hydrogen-bond acceptors (Lipinski definition) is 4. The number of amides is 1. The second-order valence-electron chi connectivity index (χ2n) is 6.26. The van der Waals surface area contributed by atoms with Crippen molar-refractivity contribution in [3.05, 3.63) is 42.2 Å². The third-order valence-corrected chi connectivity index (χ3v) is 4.19. The van der Waals surface area contributed by atoms with Gasteiger partial charge in [-0.15, -0.1) is 0 Å². The molecule has 1 atom stereocenters. The molecule has 0 saturated heterocycles. The van der Waals surface area contributed by atoms with E-state index in [2.05, 4.69) is 10.4 Å². The smallest absolute Gasteiger partial charge is 0.331 e. The van der Waals surface area contributed by atoms with Crippen molar-refractivity contribution < 1.29 is 19.4 Å². The number of ether oxygens (including phenoxy) is 1. The van der Waals surface area contributed by atoms with Gasteiger partial charge in [-0.25, -0.2) is 4.79 Å². The van der Waals surface area contributed by atoms with Crippen LogP contribution in [0.15, 0.2) is 36.7 Å². The van der Waals surface area contributed by atoms with Gasteiger partial charge < -0.3 is 15.2 Å². The molecule has 0 bridgehead atoms. The highest BCUT2D eigenvalue weighted by Gasteiger charge is 2.30. The van der Waals surface area contributed by atoms with Crippen molar-refractivity contribution in [1.82, 2.24) is 9.78 Å². The van der Waals surface area contributed by atoms with Gasteiger partial charge in [0.1, 0.15) is 5.75 Å². The van der Waals surface area contributed by atoms with Gasteiger partial charge in [-0.05, 0) is 38.0 Å². The van der Waals surface area contributed by atoms with E-state index >= 15 is 0 Å². The molecular formula is C18H23N3O4. The monoisotopic (exact) mass is 345 g/mol. The summed E-state index contributed by atoms with van der Waals surface area (Å²) in [4.78, 5) is 23.9. The van der Waals surface area contributed by atoms with Gasteiger partial charge in [0.05, 0.1) is 24.9 Å². The average molecular weight is 345 g/mol. The molecule has 0 saturated carbocycles. The van der Waals surface area contributed by atoms with Gasteiger partial charge in [0.25, 0.3) is 0 Å². The molecule has 134 valence electrons. The molecule has 2 rings (SSSR count). The lowest BCUT2D eigenvalue weighted by Gasteiger charge is -2.19. The van der Waals surface area contributed by atoms with E-state index in [1.807, 2.05) is 31.2 Å². The van der Waals surface area contributed by atoms with Crippen LogP contribution in [0.1, 0.15) is 38.7 Å². The van der Waals surface area contributed by atoms with Crippen LogP contribution < -0.4 is 10.1 Å². The van der Waals surface area contributed by atoms with E-state index in [1.54, 1.807) is 21.0 Å². The number of aromatic nitrogens is 2. The number of carbonyl (C=O) groups excluding carboxylic acids is 1. The van der Waals surface area contributed by atoms with E-state index in [4.69, 9.17) is 4.74 Å². The summed E-state index contributed by atoms with van der Waals surface area (Å²) in [6.45, 7) is 5.02. The molecule has 0 fully saturated rings. The predicted octanol–water partition coefficient (Wildman–Crippen LogP) is 2.84. The van der Waals surface area contributed by atoms with E-state index in [0.717, 1.165) is 11.3 Å². The molecule has 2 aromatic rings. The van der Waals surface area contributed by atoms with E-state index in [9.17, 15) is 14.7 Å². The van der Waals surface area contributed by atoms with Gasteiger partial charge >= 0.3 is 5.97 Å². The first-order chi connectivity index (χ1) is 11.8. The van der Waals surface area contributed by atoms with Crippen molar-refractivity contribution in [2.24, 2.45) is 0 Å². The molecule has 0 aliphatic carbocycles. The lowest BCUT2D eigenvalue weighted by atomic mass is 9.95. The highest BCUT2D eigenvalue weighted by Crippen LogP contribution is 2.24. The molecule has 7 nitrogen and oxygen atoms in total. The average Bonchev–Trinajstić information content (AvgIpc) is 3.05. The molecule has 0 aliphatic rings. The fourth-order valence-electron chi connectivity index (χ4n) is 2.43. The molecule has 0 spiro atoms. The molecule has 25 heavy (non-hydrogen) atoms. The number of nitrogens with one attached hydrogen (secondary N) is 1. The Morgan fingerprint density at radius 1 is 1.32 bits per heavy atom. The first-order valence-corrected chi connectivity index (χ1v) is 8.03. The van der Waals surface area contributed by atoms with Crippen LogP contribution in [0.5, 0.6) is 5.75 Å². The van der Waals surface area contributed by atoms with Crippen molar-refractivity contribution >= 4 is 17.6 Å². The Kier molecular flexibility index (Phi) is 5.46. The Balaban J connectivity index is 2.14. The quantitative estimate of drug-likeness (QED) is 0.805. The normalized spacial score (nSPS) is 12.5. The minimum absolute atomic E-state index is 0.166. The maximum atomic E-state index is 12.6. The summed E-state index contributed by atoms with van der Waals surface area (Å²) in [5, 5.41) is 16.1. The number of carboxylic acids is 1. The fraction of sp³-hybridized carbons (Fsp3) is 0.389. The Bertz CT molecular complexity index is 750. The van der Waals surface area contributed by atoms with Gasteiger partial charge in [-0.2, -0.15) is 5.10 Å². The summed E-state index contributed by atoms with van der Waals surface area (Å²) < 4.78 is 6.45. The largest absolute Gasteiger partial charge is 0.497 e. The molecule has 1 aromatic carbocycles. The molecule has 7 heteroatoms. The number of aliphatic carboxylic acids is 1. The molecule has 2 N–H and O–H groups in total. The summed E-state index contributed by atoms with van der Waals surface area (Å²) >= 11 is 0. The first-order valence-electron chi connectivity index (χ1n) is 8.03. The summed E-state index contributed by atoms with van der Waals surface area (Å²) in [5.74, 6) is -0.753. The lowest BCUT2D eigenvalue weighted by molar-refractivity contribution is -0.146. The van der Waals surface area contributed by atoms with Gasteiger partial charge in [0.2, 0.25) is 5.91 Å². The van der Waals surface area contributed by atoms with E-state index in [0.29, 0.717) is 12.1 Å². The number of nitrogens with zero attached hydrogens (tertiary/aromatic N) is 2. The second-order valence-corrected chi connectivity index (χ2v) is 6.26. The number of methoxy groups -OCH3 is 1. The molecule has 0 radical (unpaired) electrons. The third kappa shape index (κ3) is 3.99. The zero-order valence-electron chi connectivity index (χ0n) is 14.8. The lowest BCUT2D eigenvalue weighted by Crippen LogP contribution is -2.35. The first kappa shape index (κ1) is 18.5. The maximum absolute atomic E-state index is 12.6. The van der Waals surface area contributed by atoms with Crippen LogP contribution in [0.4, 0.5) is 5.69 Å². The molecule has 1 amide bonds. The summed E-state index contributed by atoms with van der Waals surface area (Å²) in [6.07, 6.45) is 3.60. The van der Waals surface area contributed by atoms with Crippen LogP contribution in [-0.2, 0) is 15.1 Å². The Labute approximate surface area is 146 Å². The maximum Gasteiger partial charge on any atom is 0.331 e. The predicted molar refractivity (Wildman–Crippen MR) is 93.8 cm³/mol. The topological polar surface area (TPSA) is 93.5 Å². The number of rotatable bonds is 7. The van der Waals surface area contributed by atoms with Crippen LogP contribution in [0.25, 0.3) is 0 Å². The van der Waals surface area contributed by atoms with Crippen molar-refractivity contribution in [3.63, 3.8) is 0 Å². The minimum Gasteiger partial charge on any atom is -0.497 e. The van der Waals surface area contributed by atoms with E-state index in [1.165, 1.54) is 17.1 Å². The van der Waals surface area contributed by atoms with Crippen LogP contribution in [-0.4, -0.2) is 33.9 Å². The Hall–Kier alpha value is -2.83. The van der Waals surface area contributed by atoms with Crippen LogP contribution in [0.3, 0.4) is 0 Å². The third-order valence-electron chi connectivity index (χ3n) is 4.19. The summed E-state index contributed by atoms with van der Waals surface area (Å²) in [7, 11) is 1.59. The van der Waals surface area contributed by atoms with Crippen LogP contribution in [0, 0.1) is 0 Å². The number of carbonyl (C=O) groups is 2. The molecule has 1 aromatic heterocycles. The highest BCUT2D eigenvalue weighted by atomic mass is 16.5. The number of carboxylic acid groups (broad SMARTS) is 1. The van der Waals surface area contributed by atoms with Gasteiger partial charge in [0.15, 0.2) is 5.54 Å². The zero-order valence-corrected chi connectivity index (χ0v) is 14.8. The van der Waals surface area contributed by atoms with Crippen LogP contribution >= 0.6 is 0 Å². The van der Waals surface area contributed by atoms with Crippen molar-refractivity contribution in [1.29, 1.82) is 0 Å². The highest BCUT2D eigenvalue weighted by molar-refractivity contribution is 5.95. The molecule has 1 heterocycles. The van der Waals surface area contributed by atoms with Gasteiger partial charge in [-0.1, -0.05) is 19.1 Å². The standard InChI is InChI=1S/C18H23N3O4/c1-5-15(12-6-8-14(25-4)9-7-12)16(22)20-13-10-19-21(11-13)18(2,3)17(23)24/h6-11,15H,5H2,1-4H3,(H,20,22)(H,23,24). The Morgan fingerprint density at radius 2 is 1.96 bits per heavy atom. The summed E-state index contributed by atoms with van der Waals surface area (Å²) in [6, 6.07) is 7.37. The fourth-order valence-corrected chi connectivity index (χ4v) is 2.43. The van der Waals surface area contributed by atoms with Crippen molar-refractivity contribution in [3.8, 4) is 5.75 Å². The second kappa shape index (κ2) is 7.38. The molecule has 1 unspecified atom stereocenters. The zero-order chi connectivity index (χ0) is 18.6. The Morgan fingerprint density at radius 3 is 2.48 bits per heavy atom. The SMILES string of the molecule is CCC(C(=O)Nc1cnn(C(C)(C)C(=O)O)c1)c1ccc(OC)cc1. The van der Waals surface area contributed by atoms with Crippen molar-refractivity contribution in [2.45, 2.75) is 38.6 Å².